The molecule has 0 spiro atoms. The largest absolute Gasteiger partial charge is 0.493 e. The van der Waals surface area contributed by atoms with Gasteiger partial charge in [0.2, 0.25) is 5.91 Å². The van der Waals surface area contributed by atoms with Gasteiger partial charge in [0.05, 0.1) is 12.0 Å². The maximum Gasteiger partial charge on any atom is 0.246 e. The molecule has 1 fully saturated rings. The molecule has 0 unspecified atom stereocenters. The summed E-state index contributed by atoms with van der Waals surface area (Å²) in [5, 5.41) is 1.21. The van der Waals surface area contributed by atoms with E-state index < -0.39 is 0 Å². The third-order valence-electron chi connectivity index (χ3n) is 3.72. The van der Waals surface area contributed by atoms with Crippen molar-refractivity contribution in [1.29, 1.82) is 0 Å². The number of hydrogen-bond donors (Lipinski definition) is 1. The third kappa shape index (κ3) is 1.52. The van der Waals surface area contributed by atoms with Gasteiger partial charge in [0.25, 0.3) is 0 Å². The second kappa shape index (κ2) is 3.47. The van der Waals surface area contributed by atoms with Gasteiger partial charge in [0.15, 0.2) is 0 Å². The Bertz CT molecular complexity index is 478. The van der Waals surface area contributed by atoms with Crippen molar-refractivity contribution in [3.8, 4) is 5.75 Å². The van der Waals surface area contributed by atoms with Gasteiger partial charge in [-0.15, -0.1) is 0 Å². The summed E-state index contributed by atoms with van der Waals surface area (Å²) in [4.78, 5) is 12.1. The number of nitrogens with zero attached hydrogens (tertiary/aromatic N) is 1. The molecule has 0 atom stereocenters. The Morgan fingerprint density at radius 1 is 1.47 bits per heavy atom. The van der Waals surface area contributed by atoms with E-state index >= 15 is 0 Å². The molecule has 1 aliphatic heterocycles. The Morgan fingerprint density at radius 2 is 2.24 bits per heavy atom. The van der Waals surface area contributed by atoms with E-state index in [4.69, 9.17) is 10.6 Å². The number of benzene rings is 1. The van der Waals surface area contributed by atoms with Gasteiger partial charge in [-0.2, -0.15) is 0 Å². The molecule has 0 radical (unpaired) electrons. The Kier molecular flexibility index (Phi) is 2.16. The van der Waals surface area contributed by atoms with Gasteiger partial charge < -0.3 is 4.74 Å². The smallest absolute Gasteiger partial charge is 0.246 e. The number of rotatable bonds is 2. The average Bonchev–Trinajstić information content (AvgIpc) is 2.99. The lowest BCUT2D eigenvalue weighted by molar-refractivity contribution is -0.132. The van der Waals surface area contributed by atoms with Gasteiger partial charge in [0.1, 0.15) is 5.75 Å². The van der Waals surface area contributed by atoms with Crippen LogP contribution in [0.1, 0.15) is 24.0 Å². The average molecular weight is 232 g/mol. The van der Waals surface area contributed by atoms with Crippen LogP contribution in [0.25, 0.3) is 0 Å². The summed E-state index contributed by atoms with van der Waals surface area (Å²) < 4.78 is 5.47. The Hall–Kier alpha value is -1.55. The van der Waals surface area contributed by atoms with Crippen LogP contribution in [0.5, 0.6) is 5.75 Å². The van der Waals surface area contributed by atoms with E-state index in [9.17, 15) is 4.79 Å². The van der Waals surface area contributed by atoms with E-state index in [1.807, 2.05) is 12.1 Å². The van der Waals surface area contributed by atoms with Gasteiger partial charge in [-0.1, -0.05) is 12.1 Å². The molecule has 1 amide bonds. The fraction of sp³-hybridized carbons (Fsp3) is 0.462. The molecule has 2 aliphatic rings. The minimum absolute atomic E-state index is 0.0105. The first kappa shape index (κ1) is 10.6. The zero-order chi connectivity index (χ0) is 12.0. The second-order valence-corrected chi connectivity index (χ2v) is 4.92. The maximum atomic E-state index is 12.1. The second-order valence-electron chi connectivity index (χ2n) is 4.92. The van der Waals surface area contributed by atoms with Gasteiger partial charge in [0, 0.05) is 13.5 Å². The molecule has 1 aromatic carbocycles. The van der Waals surface area contributed by atoms with E-state index in [1.165, 1.54) is 10.6 Å². The highest BCUT2D eigenvalue weighted by Gasteiger charge is 2.52. The predicted octanol–water partition coefficient (Wildman–Crippen LogP) is 0.985. The lowest BCUT2D eigenvalue weighted by Crippen LogP contribution is -2.41. The predicted molar refractivity (Wildman–Crippen MR) is 63.5 cm³/mol. The number of carbonyl (C=O) groups excluding carboxylic acids is 1. The van der Waals surface area contributed by atoms with E-state index in [2.05, 4.69) is 6.07 Å². The van der Waals surface area contributed by atoms with Gasteiger partial charge in [-0.3, -0.25) is 9.80 Å². The summed E-state index contributed by atoms with van der Waals surface area (Å²) in [6.07, 6.45) is 2.73. The standard InChI is InChI=1S/C13H16N2O2/c1-15(14)12(16)13(5-6-13)10-2-3-11-9(8-10)4-7-17-11/h2-3,8H,4-7,14H2,1H3. The molecule has 1 saturated carbocycles. The summed E-state index contributed by atoms with van der Waals surface area (Å²) >= 11 is 0. The normalized spacial score (nSPS) is 19.4. The number of likely N-dealkylation sites (N-methyl/N-ethyl adjacent to an activating group) is 1. The lowest BCUT2D eigenvalue weighted by Gasteiger charge is -2.20. The van der Waals surface area contributed by atoms with Crippen LogP contribution < -0.4 is 10.6 Å². The molecule has 3 rings (SSSR count). The quantitative estimate of drug-likeness (QED) is 0.470. The Labute approximate surface area is 100 Å². The maximum absolute atomic E-state index is 12.1. The van der Waals surface area contributed by atoms with E-state index in [1.54, 1.807) is 7.05 Å². The Balaban J connectivity index is 1.97. The summed E-state index contributed by atoms with van der Waals surface area (Å²) in [6.45, 7) is 0.747. The molecule has 1 aromatic rings. The SMILES string of the molecule is CN(N)C(=O)C1(c2ccc3c(c2)CCO3)CC1. The first-order valence-electron chi connectivity index (χ1n) is 5.92. The molecule has 0 aromatic heterocycles. The zero-order valence-electron chi connectivity index (χ0n) is 9.90. The third-order valence-corrected chi connectivity index (χ3v) is 3.72. The minimum Gasteiger partial charge on any atom is -0.493 e. The van der Waals surface area contributed by atoms with Crippen LogP contribution in [-0.4, -0.2) is 24.6 Å². The van der Waals surface area contributed by atoms with Crippen molar-refractivity contribution in [1.82, 2.24) is 5.01 Å². The summed E-state index contributed by atoms with van der Waals surface area (Å²) in [5.74, 6) is 6.54. The van der Waals surface area contributed by atoms with Crippen LogP contribution in [0.2, 0.25) is 0 Å². The fourth-order valence-electron chi connectivity index (χ4n) is 2.57. The monoisotopic (exact) mass is 232 g/mol. The number of nitrogens with two attached hydrogens (primary N) is 1. The molecule has 90 valence electrons. The van der Waals surface area contributed by atoms with Gasteiger partial charge in [-0.25, -0.2) is 5.84 Å². The highest BCUT2D eigenvalue weighted by atomic mass is 16.5. The number of carbonyl (C=O) groups is 1. The van der Waals surface area contributed by atoms with Crippen molar-refractivity contribution >= 4 is 5.91 Å². The fourth-order valence-corrected chi connectivity index (χ4v) is 2.57. The lowest BCUT2D eigenvalue weighted by atomic mass is 9.92. The molecule has 0 saturated heterocycles. The van der Waals surface area contributed by atoms with E-state index in [0.29, 0.717) is 0 Å². The number of amides is 1. The highest BCUT2D eigenvalue weighted by Crippen LogP contribution is 2.50. The van der Waals surface area contributed by atoms with Crippen LogP contribution in [0.3, 0.4) is 0 Å². The molecule has 0 bridgehead atoms. The minimum atomic E-state index is -0.360. The molecule has 4 heteroatoms. The number of hydrazine groups is 1. The van der Waals surface area contributed by atoms with Crippen LogP contribution in [0, 0.1) is 0 Å². The topological polar surface area (TPSA) is 55.6 Å². The van der Waals surface area contributed by atoms with E-state index in [0.717, 1.165) is 37.2 Å². The van der Waals surface area contributed by atoms with Gasteiger partial charge >= 0.3 is 0 Å². The molecule has 1 heterocycles. The van der Waals surface area contributed by atoms with Gasteiger partial charge in [-0.05, 0) is 30.0 Å². The van der Waals surface area contributed by atoms with Crippen molar-refractivity contribution in [2.45, 2.75) is 24.7 Å². The number of fused-ring (bicyclic) bond motifs is 1. The summed E-state index contributed by atoms with van der Waals surface area (Å²) in [7, 11) is 1.61. The van der Waals surface area contributed by atoms with Crippen molar-refractivity contribution in [2.75, 3.05) is 13.7 Å². The molecule has 2 N–H and O–H groups in total. The number of ether oxygens (including phenoxy) is 1. The summed E-state index contributed by atoms with van der Waals surface area (Å²) in [6, 6.07) is 6.08. The van der Waals surface area contributed by atoms with Crippen molar-refractivity contribution in [3.63, 3.8) is 0 Å². The van der Waals surface area contributed by atoms with Crippen molar-refractivity contribution in [2.24, 2.45) is 5.84 Å². The highest BCUT2D eigenvalue weighted by molar-refractivity contribution is 5.90. The molecule has 1 aliphatic carbocycles. The first-order chi connectivity index (χ1) is 8.13. The number of hydrogen-bond acceptors (Lipinski definition) is 3. The molecule has 17 heavy (non-hydrogen) atoms. The van der Waals surface area contributed by atoms with Crippen LogP contribution in [0.4, 0.5) is 0 Å². The first-order valence-corrected chi connectivity index (χ1v) is 5.92. The molecule has 4 nitrogen and oxygen atoms in total. The zero-order valence-corrected chi connectivity index (χ0v) is 9.90. The van der Waals surface area contributed by atoms with Crippen LogP contribution in [0.15, 0.2) is 18.2 Å². The van der Waals surface area contributed by atoms with Crippen molar-refractivity contribution < 1.29 is 9.53 Å². The van der Waals surface area contributed by atoms with Crippen LogP contribution >= 0.6 is 0 Å². The van der Waals surface area contributed by atoms with Crippen molar-refractivity contribution in [3.05, 3.63) is 29.3 Å². The van der Waals surface area contributed by atoms with E-state index in [-0.39, 0.29) is 11.3 Å². The summed E-state index contributed by atoms with van der Waals surface area (Å²) in [5.41, 5.74) is 1.94. The molecular formula is C13H16N2O2. The Morgan fingerprint density at radius 3 is 2.88 bits per heavy atom. The molecular weight excluding hydrogens is 216 g/mol. The van der Waals surface area contributed by atoms with Crippen LogP contribution in [-0.2, 0) is 16.6 Å².